The first-order valence-electron chi connectivity index (χ1n) is 4.75. The van der Waals surface area contributed by atoms with Crippen LogP contribution in [-0.2, 0) is 12.7 Å². The zero-order valence-electron chi connectivity index (χ0n) is 8.63. The number of para-hydroxylation sites is 2. The summed E-state index contributed by atoms with van der Waals surface area (Å²) in [5.74, 6) is -0.903. The van der Waals surface area contributed by atoms with Crippen molar-refractivity contribution >= 4 is 27.0 Å². The lowest BCUT2D eigenvalue weighted by atomic mass is 10.3. The molecule has 0 saturated heterocycles. The molecule has 6 heteroatoms. The highest BCUT2D eigenvalue weighted by Gasteiger charge is 2.37. The number of benzene rings is 1. The highest BCUT2D eigenvalue weighted by atomic mass is 79.9. The van der Waals surface area contributed by atoms with E-state index in [2.05, 4.69) is 27.5 Å². The number of allylic oxidation sites excluding steroid dienone is 1. The lowest BCUT2D eigenvalue weighted by Crippen LogP contribution is -2.15. The molecule has 2 rings (SSSR count). The molecule has 0 spiro atoms. The summed E-state index contributed by atoms with van der Waals surface area (Å²) >= 11 is 3.07. The number of rotatable bonds is 2. The Hall–Kier alpha value is -1.30. The number of nitrogens with zero attached hydrogens (tertiary/aromatic N) is 2. The highest BCUT2D eigenvalue weighted by Crippen LogP contribution is 2.32. The summed E-state index contributed by atoms with van der Waals surface area (Å²) in [6.07, 6.45) is -4.47. The van der Waals surface area contributed by atoms with Crippen LogP contribution in [-0.4, -0.2) is 9.55 Å². The van der Waals surface area contributed by atoms with Gasteiger partial charge in [-0.25, -0.2) is 4.98 Å². The van der Waals surface area contributed by atoms with Gasteiger partial charge in [-0.05, 0) is 12.1 Å². The third-order valence-corrected chi connectivity index (χ3v) is 2.49. The highest BCUT2D eigenvalue weighted by molar-refractivity contribution is 9.11. The van der Waals surface area contributed by atoms with Crippen molar-refractivity contribution < 1.29 is 13.2 Å². The predicted molar refractivity (Wildman–Crippen MR) is 62.8 cm³/mol. The molecule has 0 saturated carbocycles. The molecule has 0 aliphatic heterocycles. The van der Waals surface area contributed by atoms with E-state index in [1.807, 2.05) is 0 Å². The number of imidazole rings is 1. The zero-order valence-corrected chi connectivity index (χ0v) is 10.2. The summed E-state index contributed by atoms with van der Waals surface area (Å²) < 4.78 is 40.0. The van der Waals surface area contributed by atoms with Gasteiger partial charge < -0.3 is 4.57 Å². The van der Waals surface area contributed by atoms with Crippen molar-refractivity contribution in [1.29, 1.82) is 0 Å². The first kappa shape index (κ1) is 12.2. The van der Waals surface area contributed by atoms with Crippen LogP contribution in [0.3, 0.4) is 0 Å². The van der Waals surface area contributed by atoms with Crippen LogP contribution in [0.25, 0.3) is 11.0 Å². The van der Waals surface area contributed by atoms with Crippen LogP contribution < -0.4 is 0 Å². The minimum atomic E-state index is -4.47. The molecule has 17 heavy (non-hydrogen) atoms. The lowest BCUT2D eigenvalue weighted by molar-refractivity contribution is -0.146. The van der Waals surface area contributed by atoms with Gasteiger partial charge in [0.25, 0.3) is 0 Å². The summed E-state index contributed by atoms with van der Waals surface area (Å²) in [6.45, 7) is 3.60. The van der Waals surface area contributed by atoms with E-state index in [1.165, 1.54) is 0 Å². The maximum atomic E-state index is 12.8. The third kappa shape index (κ3) is 2.36. The molecule has 0 bridgehead atoms. The van der Waals surface area contributed by atoms with Crippen molar-refractivity contribution in [3.63, 3.8) is 0 Å². The van der Waals surface area contributed by atoms with Gasteiger partial charge in [-0.15, -0.1) is 0 Å². The minimum absolute atomic E-state index is 0.0371. The molecule has 0 fully saturated rings. The van der Waals surface area contributed by atoms with Crippen LogP contribution in [0.4, 0.5) is 13.2 Å². The molecule has 0 N–H and O–H groups in total. The molecule has 0 radical (unpaired) electrons. The first-order valence-corrected chi connectivity index (χ1v) is 5.54. The molecule has 2 aromatic rings. The van der Waals surface area contributed by atoms with Crippen molar-refractivity contribution in [3.8, 4) is 0 Å². The van der Waals surface area contributed by atoms with Gasteiger partial charge in [0, 0.05) is 4.48 Å². The number of hydrogen-bond donors (Lipinski definition) is 0. The van der Waals surface area contributed by atoms with E-state index < -0.39 is 12.0 Å². The minimum Gasteiger partial charge on any atom is -0.315 e. The van der Waals surface area contributed by atoms with Crippen LogP contribution in [0.2, 0.25) is 0 Å². The Bertz CT molecular complexity index is 572. The number of fused-ring (bicyclic) bond motifs is 1. The fraction of sp³-hybridized carbons (Fsp3) is 0.182. The molecule has 1 aromatic carbocycles. The largest absolute Gasteiger partial charge is 0.449 e. The average molecular weight is 305 g/mol. The Morgan fingerprint density at radius 3 is 2.59 bits per heavy atom. The molecule has 0 aliphatic rings. The predicted octanol–water partition coefficient (Wildman–Crippen LogP) is 3.96. The Kier molecular flexibility index (Phi) is 2.99. The fourth-order valence-electron chi connectivity index (χ4n) is 1.62. The average Bonchev–Trinajstić information content (AvgIpc) is 2.56. The molecule has 90 valence electrons. The van der Waals surface area contributed by atoms with Gasteiger partial charge in [-0.2, -0.15) is 13.2 Å². The normalized spacial score (nSPS) is 12.0. The van der Waals surface area contributed by atoms with Gasteiger partial charge in [-0.1, -0.05) is 34.6 Å². The number of hydrogen-bond acceptors (Lipinski definition) is 1. The van der Waals surface area contributed by atoms with Crippen molar-refractivity contribution in [1.82, 2.24) is 9.55 Å². The van der Waals surface area contributed by atoms with Crippen molar-refractivity contribution in [2.75, 3.05) is 0 Å². The number of aromatic nitrogens is 2. The van der Waals surface area contributed by atoms with E-state index in [1.54, 1.807) is 24.3 Å². The van der Waals surface area contributed by atoms with Gasteiger partial charge in [-0.3, -0.25) is 0 Å². The molecule has 0 atom stereocenters. The van der Waals surface area contributed by atoms with Crippen LogP contribution in [0.5, 0.6) is 0 Å². The summed E-state index contributed by atoms with van der Waals surface area (Å²) in [5.41, 5.74) is 0.772. The second kappa shape index (κ2) is 4.18. The van der Waals surface area contributed by atoms with E-state index >= 15 is 0 Å². The van der Waals surface area contributed by atoms with Crippen LogP contribution in [0, 0.1) is 0 Å². The molecule has 1 aromatic heterocycles. The Balaban J connectivity index is 2.69. The molecule has 0 unspecified atom stereocenters. The molecule has 1 heterocycles. The first-order chi connectivity index (χ1) is 7.89. The van der Waals surface area contributed by atoms with E-state index in [0.29, 0.717) is 15.5 Å². The standard InChI is InChI=1S/C11H8BrF3N2/c1-7(12)6-17-9-5-3-2-4-8(9)16-10(17)11(13,14)15/h2-5H,1,6H2. The Labute approximate surface area is 104 Å². The third-order valence-electron chi connectivity index (χ3n) is 2.24. The van der Waals surface area contributed by atoms with Gasteiger partial charge in [0.05, 0.1) is 17.6 Å². The fourth-order valence-corrected chi connectivity index (χ4v) is 1.87. The monoisotopic (exact) mass is 304 g/mol. The number of alkyl halides is 3. The molecule has 2 nitrogen and oxygen atoms in total. The SMILES string of the molecule is C=C(Br)Cn1c(C(F)(F)F)nc2ccccc21. The Morgan fingerprint density at radius 1 is 1.35 bits per heavy atom. The van der Waals surface area contributed by atoms with Crippen LogP contribution in [0.1, 0.15) is 5.82 Å². The van der Waals surface area contributed by atoms with Crippen LogP contribution in [0.15, 0.2) is 35.3 Å². The van der Waals surface area contributed by atoms with Crippen molar-refractivity contribution in [2.45, 2.75) is 12.7 Å². The maximum absolute atomic E-state index is 12.8. The van der Waals surface area contributed by atoms with Gasteiger partial charge in [0.1, 0.15) is 0 Å². The second-order valence-corrected chi connectivity index (χ2v) is 4.65. The van der Waals surface area contributed by atoms with Gasteiger partial charge >= 0.3 is 6.18 Å². The van der Waals surface area contributed by atoms with E-state index in [4.69, 9.17) is 0 Å². The van der Waals surface area contributed by atoms with Crippen molar-refractivity contribution in [2.24, 2.45) is 0 Å². The van der Waals surface area contributed by atoms with Crippen LogP contribution >= 0.6 is 15.9 Å². The summed E-state index contributed by atoms with van der Waals surface area (Å²) in [5, 5.41) is 0. The molecule has 0 amide bonds. The summed E-state index contributed by atoms with van der Waals surface area (Å²) in [4.78, 5) is 3.61. The maximum Gasteiger partial charge on any atom is 0.449 e. The molecular formula is C11H8BrF3N2. The Morgan fingerprint density at radius 2 is 2.00 bits per heavy atom. The number of halogens is 4. The molecule has 0 aliphatic carbocycles. The van der Waals surface area contributed by atoms with E-state index in [0.717, 1.165) is 4.57 Å². The quantitative estimate of drug-likeness (QED) is 0.821. The lowest BCUT2D eigenvalue weighted by Gasteiger charge is -2.10. The van der Waals surface area contributed by atoms with Gasteiger partial charge in [0.2, 0.25) is 5.82 Å². The topological polar surface area (TPSA) is 17.8 Å². The van der Waals surface area contributed by atoms with E-state index in [-0.39, 0.29) is 6.54 Å². The molecular weight excluding hydrogens is 297 g/mol. The van der Waals surface area contributed by atoms with E-state index in [9.17, 15) is 13.2 Å². The smallest absolute Gasteiger partial charge is 0.315 e. The summed E-state index contributed by atoms with van der Waals surface area (Å²) in [7, 11) is 0. The zero-order chi connectivity index (χ0) is 12.6. The van der Waals surface area contributed by atoms with Crippen molar-refractivity contribution in [3.05, 3.63) is 41.2 Å². The van der Waals surface area contributed by atoms with Gasteiger partial charge in [0.15, 0.2) is 0 Å². The summed E-state index contributed by atoms with van der Waals surface area (Å²) in [6, 6.07) is 6.49. The second-order valence-electron chi connectivity index (χ2n) is 3.53.